The van der Waals surface area contributed by atoms with E-state index in [-0.39, 0.29) is 13.2 Å². The Bertz CT molecular complexity index is 645. The molecule has 2 aromatic rings. The molecule has 130 valence electrons. The molecule has 0 saturated carbocycles. The monoisotopic (exact) mass is 332 g/mol. The summed E-state index contributed by atoms with van der Waals surface area (Å²) in [5, 5.41) is 23.0. The summed E-state index contributed by atoms with van der Waals surface area (Å²) in [6, 6.07) is 5.37. The minimum atomic E-state index is -1.12. The average molecular weight is 332 g/mol. The van der Waals surface area contributed by atoms with E-state index in [2.05, 4.69) is 20.2 Å². The van der Waals surface area contributed by atoms with E-state index in [4.69, 9.17) is 4.42 Å². The highest BCUT2D eigenvalue weighted by Crippen LogP contribution is 2.24. The van der Waals surface area contributed by atoms with Crippen molar-refractivity contribution in [2.75, 3.05) is 36.5 Å². The van der Waals surface area contributed by atoms with Crippen LogP contribution in [-0.4, -0.2) is 46.4 Å². The third-order valence-corrected chi connectivity index (χ3v) is 4.42. The summed E-state index contributed by atoms with van der Waals surface area (Å²) in [5.74, 6) is 2.29. The van der Waals surface area contributed by atoms with Crippen LogP contribution in [-0.2, 0) is 5.60 Å². The molecule has 3 rings (SSSR count). The molecule has 0 aliphatic carbocycles. The SMILES string of the molecule is CC(O)(CNc1cc(N2CCCC(CO)C2)ncn1)c1ccco1. The van der Waals surface area contributed by atoms with Crippen molar-refractivity contribution in [2.24, 2.45) is 5.92 Å². The Kier molecular flexibility index (Phi) is 5.01. The third-order valence-electron chi connectivity index (χ3n) is 4.42. The van der Waals surface area contributed by atoms with Gasteiger partial charge in [0.1, 0.15) is 29.3 Å². The lowest BCUT2D eigenvalue weighted by Gasteiger charge is -2.32. The lowest BCUT2D eigenvalue weighted by molar-refractivity contribution is 0.0476. The Labute approximate surface area is 141 Å². The summed E-state index contributed by atoms with van der Waals surface area (Å²) in [6.45, 7) is 3.90. The fraction of sp³-hybridized carbons (Fsp3) is 0.529. The molecular weight excluding hydrogens is 308 g/mol. The fourth-order valence-electron chi connectivity index (χ4n) is 2.97. The van der Waals surface area contributed by atoms with Gasteiger partial charge in [0.15, 0.2) is 0 Å². The van der Waals surface area contributed by atoms with Gasteiger partial charge in [-0.3, -0.25) is 0 Å². The van der Waals surface area contributed by atoms with Crippen LogP contribution < -0.4 is 10.2 Å². The molecule has 0 radical (unpaired) electrons. The smallest absolute Gasteiger partial charge is 0.136 e. The molecule has 7 heteroatoms. The molecule has 2 unspecified atom stereocenters. The second kappa shape index (κ2) is 7.19. The van der Waals surface area contributed by atoms with E-state index in [9.17, 15) is 10.2 Å². The molecule has 2 aromatic heterocycles. The molecule has 0 aromatic carbocycles. The van der Waals surface area contributed by atoms with Crippen molar-refractivity contribution in [3.05, 3.63) is 36.5 Å². The zero-order chi connectivity index (χ0) is 17.0. The largest absolute Gasteiger partial charge is 0.466 e. The van der Waals surface area contributed by atoms with E-state index in [0.29, 0.717) is 17.5 Å². The van der Waals surface area contributed by atoms with Crippen molar-refractivity contribution in [1.29, 1.82) is 0 Å². The molecule has 0 bridgehead atoms. The molecule has 7 nitrogen and oxygen atoms in total. The van der Waals surface area contributed by atoms with Crippen molar-refractivity contribution < 1.29 is 14.6 Å². The van der Waals surface area contributed by atoms with Gasteiger partial charge in [-0.05, 0) is 37.8 Å². The number of aromatic nitrogens is 2. The first-order valence-electron chi connectivity index (χ1n) is 8.26. The van der Waals surface area contributed by atoms with Crippen LogP contribution in [0.1, 0.15) is 25.5 Å². The minimum Gasteiger partial charge on any atom is -0.466 e. The molecule has 0 amide bonds. The topological polar surface area (TPSA) is 94.7 Å². The number of hydrogen-bond acceptors (Lipinski definition) is 7. The van der Waals surface area contributed by atoms with Gasteiger partial charge in [0.25, 0.3) is 0 Å². The highest BCUT2D eigenvalue weighted by molar-refractivity contribution is 5.49. The van der Waals surface area contributed by atoms with Crippen LogP contribution in [0.5, 0.6) is 0 Å². The summed E-state index contributed by atoms with van der Waals surface area (Å²) >= 11 is 0. The highest BCUT2D eigenvalue weighted by atomic mass is 16.4. The van der Waals surface area contributed by atoms with Crippen LogP contribution in [0.15, 0.2) is 35.2 Å². The maximum atomic E-state index is 10.5. The normalized spacial score (nSPS) is 20.6. The molecule has 3 heterocycles. The van der Waals surface area contributed by atoms with E-state index < -0.39 is 5.60 Å². The lowest BCUT2D eigenvalue weighted by Crippen LogP contribution is -2.37. The zero-order valence-corrected chi connectivity index (χ0v) is 13.9. The predicted octanol–water partition coefficient (Wildman–Crippen LogP) is 1.60. The van der Waals surface area contributed by atoms with Gasteiger partial charge in [-0.2, -0.15) is 0 Å². The highest BCUT2D eigenvalue weighted by Gasteiger charge is 2.26. The van der Waals surface area contributed by atoms with Crippen LogP contribution in [0, 0.1) is 5.92 Å². The summed E-state index contributed by atoms with van der Waals surface area (Å²) in [4.78, 5) is 10.7. The Morgan fingerprint density at radius 2 is 2.33 bits per heavy atom. The standard InChI is InChI=1S/C17H24N4O3/c1-17(23,14-5-3-7-24-14)11-18-15-8-16(20-12-19-15)21-6-2-4-13(9-21)10-22/h3,5,7-8,12-13,22-23H,2,4,6,9-11H2,1H3,(H,18,19,20). The number of aliphatic hydroxyl groups excluding tert-OH is 1. The number of rotatable bonds is 6. The van der Waals surface area contributed by atoms with E-state index in [1.54, 1.807) is 25.3 Å². The third kappa shape index (κ3) is 3.85. The van der Waals surface area contributed by atoms with Crippen LogP contribution in [0.25, 0.3) is 0 Å². The number of aliphatic hydroxyl groups is 2. The van der Waals surface area contributed by atoms with Gasteiger partial charge in [-0.15, -0.1) is 0 Å². The van der Waals surface area contributed by atoms with E-state index in [1.807, 2.05) is 6.07 Å². The Balaban J connectivity index is 1.65. The Morgan fingerprint density at radius 3 is 3.08 bits per heavy atom. The molecule has 24 heavy (non-hydrogen) atoms. The summed E-state index contributed by atoms with van der Waals surface area (Å²) in [6.07, 6.45) is 5.16. The molecule has 1 aliphatic rings. The second-order valence-corrected chi connectivity index (χ2v) is 6.50. The maximum Gasteiger partial charge on any atom is 0.136 e. The summed E-state index contributed by atoms with van der Waals surface area (Å²) in [7, 11) is 0. The first kappa shape index (κ1) is 16.7. The zero-order valence-electron chi connectivity index (χ0n) is 13.9. The number of nitrogens with one attached hydrogen (secondary N) is 1. The van der Waals surface area contributed by atoms with Gasteiger partial charge >= 0.3 is 0 Å². The first-order valence-corrected chi connectivity index (χ1v) is 8.26. The minimum absolute atomic E-state index is 0.207. The number of piperidine rings is 1. The number of hydrogen-bond donors (Lipinski definition) is 3. The Hall–Kier alpha value is -2.12. The van der Waals surface area contributed by atoms with Crippen LogP contribution in [0.4, 0.5) is 11.6 Å². The number of furan rings is 1. The molecule has 0 spiro atoms. The second-order valence-electron chi connectivity index (χ2n) is 6.50. The van der Waals surface area contributed by atoms with Gasteiger partial charge in [0.2, 0.25) is 0 Å². The van der Waals surface area contributed by atoms with Crippen molar-refractivity contribution in [3.63, 3.8) is 0 Å². The quantitative estimate of drug-likeness (QED) is 0.739. The van der Waals surface area contributed by atoms with Crippen molar-refractivity contribution in [3.8, 4) is 0 Å². The van der Waals surface area contributed by atoms with E-state index in [0.717, 1.165) is 31.7 Å². The van der Waals surface area contributed by atoms with Crippen molar-refractivity contribution >= 4 is 11.6 Å². The van der Waals surface area contributed by atoms with Crippen LogP contribution in [0.2, 0.25) is 0 Å². The fourth-order valence-corrected chi connectivity index (χ4v) is 2.97. The predicted molar refractivity (Wildman–Crippen MR) is 90.8 cm³/mol. The van der Waals surface area contributed by atoms with Crippen molar-refractivity contribution in [2.45, 2.75) is 25.4 Å². The van der Waals surface area contributed by atoms with Gasteiger partial charge in [-0.1, -0.05) is 0 Å². The van der Waals surface area contributed by atoms with Gasteiger partial charge in [0, 0.05) is 25.8 Å². The molecule has 3 N–H and O–H groups in total. The lowest BCUT2D eigenvalue weighted by atomic mass is 9.99. The molecule has 2 atom stereocenters. The molecule has 1 aliphatic heterocycles. The van der Waals surface area contributed by atoms with Gasteiger partial charge < -0.3 is 24.8 Å². The van der Waals surface area contributed by atoms with Crippen molar-refractivity contribution in [1.82, 2.24) is 9.97 Å². The van der Waals surface area contributed by atoms with Crippen LogP contribution in [0.3, 0.4) is 0 Å². The van der Waals surface area contributed by atoms with Gasteiger partial charge in [0.05, 0.1) is 12.8 Å². The molecule has 1 fully saturated rings. The number of anilines is 2. The van der Waals surface area contributed by atoms with Crippen LogP contribution >= 0.6 is 0 Å². The van der Waals surface area contributed by atoms with E-state index in [1.165, 1.54) is 6.33 Å². The average Bonchev–Trinajstić information content (AvgIpc) is 3.16. The first-order chi connectivity index (χ1) is 11.6. The summed E-state index contributed by atoms with van der Waals surface area (Å²) in [5.41, 5.74) is -1.12. The van der Waals surface area contributed by atoms with Gasteiger partial charge in [-0.25, -0.2) is 9.97 Å². The molecular formula is C17H24N4O3. The molecule has 1 saturated heterocycles. The Morgan fingerprint density at radius 1 is 1.46 bits per heavy atom. The van der Waals surface area contributed by atoms with E-state index >= 15 is 0 Å². The maximum absolute atomic E-state index is 10.5. The summed E-state index contributed by atoms with van der Waals surface area (Å²) < 4.78 is 5.28. The number of nitrogens with zero attached hydrogens (tertiary/aromatic N) is 3.